The van der Waals surface area contributed by atoms with Crippen molar-refractivity contribution in [3.8, 4) is 0 Å². The van der Waals surface area contributed by atoms with Gasteiger partial charge in [-0.15, -0.1) is 0 Å². The molecule has 0 aliphatic heterocycles. The van der Waals surface area contributed by atoms with Crippen molar-refractivity contribution in [3.63, 3.8) is 0 Å². The Kier molecular flexibility index (Phi) is 3.63. The number of nitrogen functional groups attached to an aromatic ring is 1. The third-order valence-corrected chi connectivity index (χ3v) is 3.84. The molecule has 1 aromatic heterocycles. The van der Waals surface area contributed by atoms with Crippen LogP contribution in [0.1, 0.15) is 15.4 Å². The number of nitrogens with zero attached hydrogens (tertiary/aromatic N) is 1. The summed E-state index contributed by atoms with van der Waals surface area (Å²) in [5, 5.41) is 3.01. The van der Waals surface area contributed by atoms with Crippen LogP contribution in [0.15, 0.2) is 22.7 Å². The lowest BCUT2D eigenvalue weighted by molar-refractivity contribution is 0.102. The van der Waals surface area contributed by atoms with Gasteiger partial charge in [0.25, 0.3) is 5.91 Å². The molecule has 0 radical (unpaired) electrons. The van der Waals surface area contributed by atoms with Gasteiger partial charge in [-0.3, -0.25) is 4.79 Å². The molecule has 0 aliphatic carbocycles. The third kappa shape index (κ3) is 2.68. The number of hydrogen-bond acceptors (Lipinski definition) is 4. The van der Waals surface area contributed by atoms with E-state index in [1.54, 1.807) is 6.92 Å². The third-order valence-electron chi connectivity index (χ3n) is 2.20. The van der Waals surface area contributed by atoms with Gasteiger partial charge >= 0.3 is 0 Å². The Morgan fingerprint density at radius 3 is 2.83 bits per heavy atom. The van der Waals surface area contributed by atoms with Crippen molar-refractivity contribution in [3.05, 3.63) is 39.1 Å². The molecule has 0 spiro atoms. The van der Waals surface area contributed by atoms with Crippen molar-refractivity contribution in [2.45, 2.75) is 6.92 Å². The standard InChI is InChI=1S/C11H9BrFN3OS/c1-5-9(18-11(14)15-5)10(17)16-8-3-2-6(13)4-7(8)12/h2-4H,1H3,(H2,14,15)(H,16,17). The lowest BCUT2D eigenvalue weighted by atomic mass is 10.3. The fourth-order valence-electron chi connectivity index (χ4n) is 1.40. The van der Waals surface area contributed by atoms with E-state index >= 15 is 0 Å². The van der Waals surface area contributed by atoms with Crippen LogP contribution in [0, 0.1) is 12.7 Å². The molecule has 3 N–H and O–H groups in total. The second kappa shape index (κ2) is 5.03. The van der Waals surface area contributed by atoms with Crippen LogP contribution in [-0.4, -0.2) is 10.9 Å². The molecule has 1 heterocycles. The smallest absolute Gasteiger partial charge is 0.267 e. The molecule has 0 fully saturated rings. The summed E-state index contributed by atoms with van der Waals surface area (Å²) in [5.74, 6) is -0.688. The van der Waals surface area contributed by atoms with Gasteiger partial charge < -0.3 is 11.1 Å². The number of aryl methyl sites for hydroxylation is 1. The quantitative estimate of drug-likeness (QED) is 0.889. The number of nitrogens with two attached hydrogens (primary N) is 1. The van der Waals surface area contributed by atoms with Gasteiger partial charge in [-0.25, -0.2) is 9.37 Å². The maximum Gasteiger partial charge on any atom is 0.267 e. The van der Waals surface area contributed by atoms with E-state index in [9.17, 15) is 9.18 Å². The fourth-order valence-corrected chi connectivity index (χ4v) is 2.58. The molecule has 4 nitrogen and oxygen atoms in total. The van der Waals surface area contributed by atoms with Gasteiger partial charge in [0.1, 0.15) is 10.7 Å². The number of thiazole rings is 1. The van der Waals surface area contributed by atoms with Crippen LogP contribution >= 0.6 is 27.3 Å². The molecule has 94 valence electrons. The first-order chi connectivity index (χ1) is 8.47. The maximum absolute atomic E-state index is 12.9. The maximum atomic E-state index is 12.9. The highest BCUT2D eigenvalue weighted by Crippen LogP contribution is 2.26. The molecule has 1 aromatic carbocycles. The molecule has 18 heavy (non-hydrogen) atoms. The predicted molar refractivity (Wildman–Crippen MR) is 73.3 cm³/mol. The van der Waals surface area contributed by atoms with Crippen LogP contribution in [-0.2, 0) is 0 Å². The van der Waals surface area contributed by atoms with Gasteiger partial charge in [0.15, 0.2) is 5.13 Å². The van der Waals surface area contributed by atoms with E-state index < -0.39 is 0 Å². The van der Waals surface area contributed by atoms with Gasteiger partial charge in [-0.2, -0.15) is 0 Å². The molecule has 0 saturated heterocycles. The number of rotatable bonds is 2. The largest absolute Gasteiger partial charge is 0.375 e. The van der Waals surface area contributed by atoms with Gasteiger partial charge in [0.2, 0.25) is 0 Å². The molecule has 0 aliphatic rings. The van der Waals surface area contributed by atoms with Gasteiger partial charge in [-0.05, 0) is 41.1 Å². The summed E-state index contributed by atoms with van der Waals surface area (Å²) in [6.07, 6.45) is 0. The van der Waals surface area contributed by atoms with Crippen molar-refractivity contribution in [1.29, 1.82) is 0 Å². The zero-order valence-corrected chi connectivity index (χ0v) is 11.7. The Balaban J connectivity index is 2.24. The summed E-state index contributed by atoms with van der Waals surface area (Å²) >= 11 is 4.30. The van der Waals surface area contributed by atoms with Gasteiger partial charge in [-0.1, -0.05) is 11.3 Å². The lowest BCUT2D eigenvalue weighted by Crippen LogP contribution is -2.12. The number of aromatic nitrogens is 1. The topological polar surface area (TPSA) is 68.0 Å². The number of carbonyl (C=O) groups is 1. The Labute approximate surface area is 115 Å². The minimum absolute atomic E-state index is 0.311. The first kappa shape index (κ1) is 13.0. The van der Waals surface area contributed by atoms with Crippen LogP contribution in [0.3, 0.4) is 0 Å². The van der Waals surface area contributed by atoms with E-state index in [2.05, 4.69) is 26.2 Å². The molecule has 0 bridgehead atoms. The molecular weight excluding hydrogens is 321 g/mol. The summed E-state index contributed by atoms with van der Waals surface area (Å²) in [6, 6.07) is 4.04. The minimum Gasteiger partial charge on any atom is -0.375 e. The van der Waals surface area contributed by atoms with E-state index in [0.717, 1.165) is 11.3 Å². The van der Waals surface area contributed by atoms with E-state index in [0.29, 0.717) is 25.9 Å². The zero-order valence-electron chi connectivity index (χ0n) is 9.33. The highest BCUT2D eigenvalue weighted by Gasteiger charge is 2.15. The van der Waals surface area contributed by atoms with Gasteiger partial charge in [0, 0.05) is 4.47 Å². The number of carbonyl (C=O) groups excluding carboxylic acids is 1. The van der Waals surface area contributed by atoms with Crippen LogP contribution in [0.25, 0.3) is 0 Å². The van der Waals surface area contributed by atoms with Crippen molar-refractivity contribution in [1.82, 2.24) is 4.98 Å². The van der Waals surface area contributed by atoms with E-state index in [1.165, 1.54) is 18.2 Å². The van der Waals surface area contributed by atoms with Crippen LogP contribution in [0.2, 0.25) is 0 Å². The molecule has 2 aromatic rings. The summed E-state index contributed by atoms with van der Waals surface area (Å²) < 4.78 is 13.4. The molecule has 0 unspecified atom stereocenters. The number of halogens is 2. The summed E-state index contributed by atoms with van der Waals surface area (Å²) in [7, 11) is 0. The highest BCUT2D eigenvalue weighted by atomic mass is 79.9. The van der Waals surface area contributed by atoms with Crippen molar-refractivity contribution in [2.24, 2.45) is 0 Å². The van der Waals surface area contributed by atoms with Crippen LogP contribution < -0.4 is 11.1 Å². The number of hydrogen-bond donors (Lipinski definition) is 2. The number of benzene rings is 1. The number of nitrogens with one attached hydrogen (secondary N) is 1. The van der Waals surface area contributed by atoms with Crippen LogP contribution in [0.4, 0.5) is 15.2 Å². The van der Waals surface area contributed by atoms with Crippen LogP contribution in [0.5, 0.6) is 0 Å². The van der Waals surface area contributed by atoms with Crippen molar-refractivity contribution >= 4 is 44.0 Å². The Bertz CT molecular complexity index is 614. The monoisotopic (exact) mass is 329 g/mol. The SMILES string of the molecule is Cc1nc(N)sc1C(=O)Nc1ccc(F)cc1Br. The molecule has 1 amide bonds. The minimum atomic E-state index is -0.377. The predicted octanol–water partition coefficient (Wildman–Crippen LogP) is 3.19. The molecule has 0 saturated carbocycles. The molecule has 0 atom stereocenters. The zero-order chi connectivity index (χ0) is 13.3. The van der Waals surface area contributed by atoms with Crippen molar-refractivity contribution in [2.75, 3.05) is 11.1 Å². The average molecular weight is 330 g/mol. The second-order valence-corrected chi connectivity index (χ2v) is 5.43. The van der Waals surface area contributed by atoms with E-state index in [1.807, 2.05) is 0 Å². The van der Waals surface area contributed by atoms with Crippen molar-refractivity contribution < 1.29 is 9.18 Å². The summed E-state index contributed by atoms with van der Waals surface area (Å²) in [5.41, 5.74) is 6.60. The number of anilines is 2. The van der Waals surface area contributed by atoms with Gasteiger partial charge in [0.05, 0.1) is 11.4 Å². The molecule has 2 rings (SSSR count). The lowest BCUT2D eigenvalue weighted by Gasteiger charge is -2.06. The van der Waals surface area contributed by atoms with E-state index in [4.69, 9.17) is 5.73 Å². The first-order valence-electron chi connectivity index (χ1n) is 4.96. The molecule has 7 heteroatoms. The Morgan fingerprint density at radius 1 is 1.56 bits per heavy atom. The Hall–Kier alpha value is -1.47. The Morgan fingerprint density at radius 2 is 2.28 bits per heavy atom. The average Bonchev–Trinajstić information content (AvgIpc) is 2.62. The number of amides is 1. The molecular formula is C11H9BrFN3OS. The second-order valence-electron chi connectivity index (χ2n) is 3.54. The summed E-state index contributed by atoms with van der Waals surface area (Å²) in [6.45, 7) is 1.71. The summed E-state index contributed by atoms with van der Waals surface area (Å²) in [4.78, 5) is 16.4. The fraction of sp³-hybridized carbons (Fsp3) is 0.0909. The highest BCUT2D eigenvalue weighted by molar-refractivity contribution is 9.10. The van der Waals surface area contributed by atoms with E-state index in [-0.39, 0.29) is 11.7 Å². The first-order valence-corrected chi connectivity index (χ1v) is 6.57. The normalized spacial score (nSPS) is 10.4.